The second-order valence-corrected chi connectivity index (χ2v) is 24.4. The van der Waals surface area contributed by atoms with E-state index in [9.17, 15) is 55.6 Å². The number of aliphatic carboxylic acids is 3. The third-order valence-electron chi connectivity index (χ3n) is 15.2. The Morgan fingerprint density at radius 3 is 1.72 bits per heavy atom. The molecule has 3 heterocycles. The fourth-order valence-corrected chi connectivity index (χ4v) is 12.7. The van der Waals surface area contributed by atoms with Crippen molar-refractivity contribution in [2.24, 2.45) is 0 Å². The van der Waals surface area contributed by atoms with E-state index in [1.807, 2.05) is 107 Å². The maximum atomic E-state index is 12.0. The van der Waals surface area contributed by atoms with Gasteiger partial charge in [0.25, 0.3) is 10.1 Å². The summed E-state index contributed by atoms with van der Waals surface area (Å²) in [6, 6.07) is 49.5. The van der Waals surface area contributed by atoms with Gasteiger partial charge in [0.15, 0.2) is 5.71 Å². The topological polar surface area (TPSA) is 288 Å². The van der Waals surface area contributed by atoms with Crippen LogP contribution in [-0.4, -0.2) is 105 Å². The number of carbonyl (C=O) groups excluding carboxylic acids is 1. The Morgan fingerprint density at radius 2 is 1.07 bits per heavy atom. The smallest absolute Gasteiger partial charge is 0.425 e. The van der Waals surface area contributed by atoms with Crippen molar-refractivity contribution >= 4 is 139 Å². The van der Waals surface area contributed by atoms with Crippen molar-refractivity contribution in [3.8, 4) is 0 Å². The summed E-state index contributed by atoms with van der Waals surface area (Å²) in [6.07, 6.45) is 28.2. The first-order valence-corrected chi connectivity index (χ1v) is 33.3. The lowest BCUT2D eigenvalue weighted by Crippen LogP contribution is -2.23. The Labute approximate surface area is 551 Å². The minimum atomic E-state index is -4.70. The van der Waals surface area contributed by atoms with Crippen molar-refractivity contribution in [1.29, 1.82) is 0 Å². The van der Waals surface area contributed by atoms with Crippen LogP contribution in [0, 0.1) is 0 Å². The number of hydrogen-bond acceptors (Lipinski definition) is 12. The van der Waals surface area contributed by atoms with Gasteiger partial charge in [-0.2, -0.15) is 17.6 Å². The molecule has 0 bridgehead atoms. The zero-order chi connectivity index (χ0) is 66.7. The van der Waals surface area contributed by atoms with Gasteiger partial charge in [0.05, 0.1) is 33.2 Å². The average molecular weight is 1340 g/mol. The Kier molecular flexibility index (Phi) is 25.5. The number of aryl methyl sites for hydroxylation is 1. The normalized spacial score (nSPS) is 13.0. The summed E-state index contributed by atoms with van der Waals surface area (Å²) in [5.41, 5.74) is 8.53. The molecule has 0 atom stereocenters. The first-order chi connectivity index (χ1) is 44.6. The zero-order valence-electron chi connectivity index (χ0n) is 50.8. The first-order valence-electron chi connectivity index (χ1n) is 29.5. The number of hydrogen-bond donors (Lipinski definition) is 3. The maximum Gasteiger partial charge on any atom is 0.425 e. The van der Waals surface area contributed by atoms with E-state index in [2.05, 4.69) is 102 Å². The van der Waals surface area contributed by atoms with Crippen LogP contribution in [-0.2, 0) is 58.2 Å². The van der Waals surface area contributed by atoms with Gasteiger partial charge < -0.3 is 29.2 Å². The van der Waals surface area contributed by atoms with E-state index in [1.54, 1.807) is 36.4 Å². The lowest BCUT2D eigenvalue weighted by Gasteiger charge is -2.10. The molecule has 22 heteroatoms. The fraction of sp³-hybridized carbons (Fsp3) is 0.153. The number of carbonyl (C=O) groups is 3. The van der Waals surface area contributed by atoms with Crippen LogP contribution in [0.25, 0.3) is 55.4 Å². The number of allylic oxidation sites excluding steroid dienone is 11. The summed E-state index contributed by atoms with van der Waals surface area (Å²) >= 11 is 0. The molecule has 2 aliphatic rings. The highest BCUT2D eigenvalue weighted by Crippen LogP contribution is 2.40. The highest BCUT2D eigenvalue weighted by molar-refractivity contribution is 7.86. The van der Waals surface area contributed by atoms with Crippen molar-refractivity contribution in [3.63, 3.8) is 0 Å². The maximum absolute atomic E-state index is 12.0. The van der Waals surface area contributed by atoms with Gasteiger partial charge in [-0.1, -0.05) is 182 Å². The second kappa shape index (κ2) is 33.5. The number of nitrogens with zero attached hydrogens (tertiary/aromatic N) is 3. The van der Waals surface area contributed by atoms with Crippen molar-refractivity contribution in [2.45, 2.75) is 68.2 Å². The van der Waals surface area contributed by atoms with Gasteiger partial charge in [0.2, 0.25) is 17.1 Å². The number of aromatic nitrogens is 1. The molecule has 18 nitrogen and oxygen atoms in total. The van der Waals surface area contributed by atoms with Crippen molar-refractivity contribution in [3.05, 3.63) is 252 Å². The molecule has 0 amide bonds. The molecule has 94 heavy (non-hydrogen) atoms. The summed E-state index contributed by atoms with van der Waals surface area (Å²) in [7, 11) is -12.1. The largest absolute Gasteiger partial charge is 0.744 e. The zero-order valence-corrected chi connectivity index (χ0v) is 54.1. The van der Waals surface area contributed by atoms with E-state index in [-0.39, 0.29) is 41.5 Å². The molecule has 0 saturated carbocycles. The molecule has 0 saturated heterocycles. The molecule has 0 aliphatic carbocycles. The summed E-state index contributed by atoms with van der Waals surface area (Å²) < 4.78 is 99.9. The van der Waals surface area contributed by atoms with Crippen LogP contribution in [0.1, 0.15) is 67.7 Å². The second-order valence-electron chi connectivity index (χ2n) is 21.3. The quantitative estimate of drug-likeness (QED) is 0.0305. The lowest BCUT2D eigenvalue weighted by molar-refractivity contribution is -0.437. The molecule has 0 spiro atoms. The van der Waals surface area contributed by atoms with Crippen LogP contribution in [0.4, 0.5) is 11.4 Å². The van der Waals surface area contributed by atoms with Crippen LogP contribution in [0.5, 0.6) is 0 Å². The third-order valence-corrected chi connectivity index (χ3v) is 17.0. The van der Waals surface area contributed by atoms with Crippen molar-refractivity contribution in [2.75, 3.05) is 13.1 Å². The molecule has 9 aromatic rings. The van der Waals surface area contributed by atoms with Crippen LogP contribution in [0.15, 0.2) is 234 Å². The monoisotopic (exact) mass is 1340 g/mol. The highest BCUT2D eigenvalue weighted by Gasteiger charge is 2.33. The number of carboxylic acid groups (broad SMARTS) is 3. The third kappa shape index (κ3) is 18.6. The standard InChI is InChI=1S/C37H32N2O7S.C19H18.C16H15NO5S.ClH.O3S/c40-34(41)19-9-23-38-29(26-13-6-11-25-12-7-18-31(38)36(25)26)16-4-2-1-3-5-17-30-27-14-8-15-28-33(47(44,45)46)22-21-32(37(27)28)39(30)24-10-20-35(42)43;1(2-6-12-18-14-8-4-9-15-18)3-7-13-19-16-10-5-11-17-19;1-10-11-4-2-5-12-14(23(20,21)22)8-7-13(16(11)12)17(10)9-3-6-15(18)19;;1-4(2)3/h1-8,11-18,21-22H,9-10,19-20,23-24H2,(H2-,40,41,42,43,44,45,46);1-12,14-17H,13H2;2,4-5,7-8H,3,6,9H2,1H3,(H-,18,19,20,21,22);1H;/b;2-1+,7-3+,12-6+;;;. The van der Waals surface area contributed by atoms with Gasteiger partial charge in [0.1, 0.15) is 28.1 Å². The van der Waals surface area contributed by atoms with E-state index >= 15 is 0 Å². The lowest BCUT2D eigenvalue weighted by atomic mass is 10.0. The van der Waals surface area contributed by atoms with Crippen LogP contribution in [0.3, 0.4) is 0 Å². The summed E-state index contributed by atoms with van der Waals surface area (Å²) in [6.45, 7) is 3.38. The number of halogens is 1. The van der Waals surface area contributed by atoms with Crippen LogP contribution < -0.4 is 10.5 Å². The molecule has 2 aliphatic heterocycles. The molecular formula is C72H66ClN3O15S3. The predicted octanol–water partition coefficient (Wildman–Crippen LogP) is 11.5. The summed E-state index contributed by atoms with van der Waals surface area (Å²) in [5, 5.41) is 35.6. The minimum absolute atomic E-state index is 0. The molecule has 3 N–H and O–H groups in total. The average Bonchev–Trinajstić information content (AvgIpc) is 1.61. The molecular weight excluding hydrogens is 1280 g/mol. The molecule has 0 fully saturated rings. The molecule has 1 aromatic heterocycles. The van der Waals surface area contributed by atoms with E-state index in [0.717, 1.165) is 72.8 Å². The fourth-order valence-electron chi connectivity index (χ4n) is 11.3. The van der Waals surface area contributed by atoms with Gasteiger partial charge >= 0.3 is 22.5 Å². The van der Waals surface area contributed by atoms with Gasteiger partial charge in [-0.05, 0) is 72.2 Å². The molecule has 0 radical (unpaired) electrons. The molecule has 11 rings (SSSR count). The van der Waals surface area contributed by atoms with Gasteiger partial charge in [-0.25, -0.2) is 8.42 Å². The van der Waals surface area contributed by atoms with Crippen LogP contribution in [0.2, 0.25) is 0 Å². The van der Waals surface area contributed by atoms with Crippen molar-refractivity contribution in [1.82, 2.24) is 4.57 Å². The van der Waals surface area contributed by atoms with E-state index < -0.39 is 48.8 Å². The summed E-state index contributed by atoms with van der Waals surface area (Å²) in [5.74, 6) is -2.81. The summed E-state index contributed by atoms with van der Waals surface area (Å²) in [4.78, 5) is 32.6. The van der Waals surface area contributed by atoms with Gasteiger partial charge in [-0.15, -0.1) is 25.0 Å². The Bertz CT molecular complexity index is 4970. The minimum Gasteiger partial charge on any atom is -0.744 e. The highest BCUT2D eigenvalue weighted by atomic mass is 35.5. The molecule has 484 valence electrons. The molecule has 8 aromatic carbocycles. The van der Waals surface area contributed by atoms with E-state index in [1.165, 1.54) is 23.3 Å². The van der Waals surface area contributed by atoms with E-state index in [4.69, 9.17) is 12.6 Å². The number of benzene rings is 8. The van der Waals surface area contributed by atoms with Crippen LogP contribution >= 0.6 is 12.4 Å². The Hall–Kier alpha value is -10.0. The molecule has 0 unspecified atom stereocenters. The van der Waals surface area contributed by atoms with E-state index in [0.29, 0.717) is 55.1 Å². The number of rotatable bonds is 23. The Balaban J connectivity index is 0.000000220. The SMILES string of the molecule is C(=C\C=C\c1ccccc1)/C=C/Cc1ccccc1.CC1=[N+](CCCC(=O)[O-])c2ccc(S(=O)(=O)O)c3cccc1c23.Cl.O=C(O)CCCn1/c(=C/C=C/C=C/C=C/C2=[N+](CCCC(=O)O)c3ccc(S(=O)(=O)[O-])c4cccc2c34)c2cccc3cccc1c32.O=S(=O)=O. The predicted molar refractivity (Wildman–Crippen MR) is 365 cm³/mol. The Morgan fingerprint density at radius 1 is 0.553 bits per heavy atom. The number of carboxylic acids is 3. The first kappa shape index (κ1) is 71.4. The van der Waals surface area contributed by atoms with Crippen molar-refractivity contribution < 1.29 is 77.4 Å². The van der Waals surface area contributed by atoms with Gasteiger partial charge in [0, 0.05) is 89.3 Å². The van der Waals surface area contributed by atoms with Gasteiger partial charge in [-0.3, -0.25) is 14.1 Å².